The van der Waals surface area contributed by atoms with Crippen LogP contribution >= 0.6 is 0 Å². The molecule has 0 aliphatic heterocycles. The standard InChI is InChI=1S/C16H13FN2O2/c1-10-18-15-8-3-11(17)9-14(15)16(20)19(10)12-4-6-13(21-2)7-5-12/h3-9H,1-2H3. The number of benzene rings is 2. The van der Waals surface area contributed by atoms with Crippen LogP contribution in [0.15, 0.2) is 47.3 Å². The van der Waals surface area contributed by atoms with Crippen molar-refractivity contribution in [2.24, 2.45) is 0 Å². The Bertz CT molecular complexity index is 870. The van der Waals surface area contributed by atoms with Gasteiger partial charge in [-0.05, 0) is 49.4 Å². The SMILES string of the molecule is COc1ccc(-n2c(C)nc3ccc(F)cc3c2=O)cc1. The van der Waals surface area contributed by atoms with Crippen molar-refractivity contribution in [3.05, 3.63) is 64.5 Å². The average Bonchev–Trinajstić information content (AvgIpc) is 2.49. The Morgan fingerprint density at radius 2 is 1.86 bits per heavy atom. The zero-order chi connectivity index (χ0) is 15.0. The molecule has 0 amide bonds. The van der Waals surface area contributed by atoms with Crippen LogP contribution in [0, 0.1) is 12.7 Å². The highest BCUT2D eigenvalue weighted by Crippen LogP contribution is 2.17. The van der Waals surface area contributed by atoms with E-state index in [1.165, 1.54) is 22.8 Å². The van der Waals surface area contributed by atoms with Crippen LogP contribution in [0.3, 0.4) is 0 Å². The van der Waals surface area contributed by atoms with Gasteiger partial charge in [-0.25, -0.2) is 9.37 Å². The summed E-state index contributed by atoms with van der Waals surface area (Å²) < 4.78 is 19.9. The van der Waals surface area contributed by atoms with E-state index in [-0.39, 0.29) is 10.9 Å². The van der Waals surface area contributed by atoms with E-state index >= 15 is 0 Å². The third kappa shape index (κ3) is 2.27. The van der Waals surface area contributed by atoms with E-state index in [0.29, 0.717) is 22.8 Å². The normalized spacial score (nSPS) is 10.8. The summed E-state index contributed by atoms with van der Waals surface area (Å²) in [5.41, 5.74) is 0.864. The highest BCUT2D eigenvalue weighted by Gasteiger charge is 2.10. The summed E-state index contributed by atoms with van der Waals surface area (Å²) in [5.74, 6) is 0.792. The van der Waals surface area contributed by atoms with Gasteiger partial charge in [0.05, 0.1) is 23.7 Å². The second-order valence-electron chi connectivity index (χ2n) is 4.66. The molecule has 0 unspecified atom stereocenters. The molecule has 0 radical (unpaired) electrons. The van der Waals surface area contributed by atoms with Crippen molar-refractivity contribution < 1.29 is 9.13 Å². The monoisotopic (exact) mass is 284 g/mol. The van der Waals surface area contributed by atoms with Gasteiger partial charge in [0.15, 0.2) is 0 Å². The van der Waals surface area contributed by atoms with E-state index in [9.17, 15) is 9.18 Å². The van der Waals surface area contributed by atoms with E-state index in [4.69, 9.17) is 4.74 Å². The van der Waals surface area contributed by atoms with Gasteiger partial charge in [-0.15, -0.1) is 0 Å². The number of rotatable bonds is 2. The molecule has 5 heteroatoms. The molecule has 4 nitrogen and oxygen atoms in total. The lowest BCUT2D eigenvalue weighted by Gasteiger charge is -2.11. The molecule has 0 atom stereocenters. The molecule has 0 spiro atoms. The molecule has 1 aromatic heterocycles. The predicted octanol–water partition coefficient (Wildman–Crippen LogP) is 2.84. The topological polar surface area (TPSA) is 44.1 Å². The van der Waals surface area contributed by atoms with Gasteiger partial charge < -0.3 is 4.74 Å². The Kier molecular flexibility index (Phi) is 3.17. The van der Waals surface area contributed by atoms with Crippen molar-refractivity contribution >= 4 is 10.9 Å². The Labute approximate surface area is 120 Å². The minimum atomic E-state index is -0.452. The number of aromatic nitrogens is 2. The molecule has 0 fully saturated rings. The fourth-order valence-electron chi connectivity index (χ4n) is 2.30. The van der Waals surface area contributed by atoms with Crippen molar-refractivity contribution in [3.63, 3.8) is 0 Å². The Hall–Kier alpha value is -2.69. The maximum atomic E-state index is 13.4. The number of aryl methyl sites for hydroxylation is 1. The van der Waals surface area contributed by atoms with Crippen LogP contribution in [0.1, 0.15) is 5.82 Å². The van der Waals surface area contributed by atoms with Crippen molar-refractivity contribution in [3.8, 4) is 11.4 Å². The van der Waals surface area contributed by atoms with Crippen LogP contribution in [0.25, 0.3) is 16.6 Å². The van der Waals surface area contributed by atoms with Gasteiger partial charge in [0.2, 0.25) is 0 Å². The van der Waals surface area contributed by atoms with Gasteiger partial charge >= 0.3 is 0 Å². The van der Waals surface area contributed by atoms with Crippen molar-refractivity contribution in [1.29, 1.82) is 0 Å². The third-order valence-corrected chi connectivity index (χ3v) is 3.33. The number of fused-ring (bicyclic) bond motifs is 1. The van der Waals surface area contributed by atoms with Crippen LogP contribution in [0.4, 0.5) is 4.39 Å². The molecule has 0 aliphatic rings. The Morgan fingerprint density at radius 1 is 1.14 bits per heavy atom. The Morgan fingerprint density at radius 3 is 2.52 bits per heavy atom. The quantitative estimate of drug-likeness (QED) is 0.727. The number of methoxy groups -OCH3 is 1. The first-order valence-electron chi connectivity index (χ1n) is 6.43. The third-order valence-electron chi connectivity index (χ3n) is 3.33. The highest BCUT2D eigenvalue weighted by atomic mass is 19.1. The van der Waals surface area contributed by atoms with Crippen molar-refractivity contribution in [1.82, 2.24) is 9.55 Å². The molecule has 3 aromatic rings. The van der Waals surface area contributed by atoms with Crippen LogP contribution in [0.5, 0.6) is 5.75 Å². The first-order chi connectivity index (χ1) is 10.1. The lowest BCUT2D eigenvalue weighted by atomic mass is 10.2. The largest absolute Gasteiger partial charge is 0.497 e. The number of hydrogen-bond acceptors (Lipinski definition) is 3. The summed E-state index contributed by atoms with van der Waals surface area (Å²) in [7, 11) is 1.58. The molecule has 2 aromatic carbocycles. The van der Waals surface area contributed by atoms with Crippen molar-refractivity contribution in [2.45, 2.75) is 6.92 Å². The van der Waals surface area contributed by atoms with Gasteiger partial charge in [0, 0.05) is 0 Å². The molecule has 0 saturated carbocycles. The maximum absolute atomic E-state index is 13.4. The highest BCUT2D eigenvalue weighted by molar-refractivity contribution is 5.78. The summed E-state index contributed by atoms with van der Waals surface area (Å²) in [6, 6.07) is 11.1. The van der Waals surface area contributed by atoms with Gasteiger partial charge in [-0.1, -0.05) is 0 Å². The van der Waals surface area contributed by atoms with Gasteiger partial charge in [-0.3, -0.25) is 9.36 Å². The zero-order valence-corrected chi connectivity index (χ0v) is 11.6. The molecule has 21 heavy (non-hydrogen) atoms. The molecule has 3 rings (SSSR count). The summed E-state index contributed by atoms with van der Waals surface area (Å²) in [6.45, 7) is 1.74. The van der Waals surface area contributed by atoms with Crippen LogP contribution in [-0.2, 0) is 0 Å². The van der Waals surface area contributed by atoms with Crippen LogP contribution in [-0.4, -0.2) is 16.7 Å². The zero-order valence-electron chi connectivity index (χ0n) is 11.6. The first-order valence-corrected chi connectivity index (χ1v) is 6.43. The number of halogens is 1. The number of hydrogen-bond donors (Lipinski definition) is 0. The first kappa shape index (κ1) is 13.3. The minimum absolute atomic E-state index is 0.261. The molecule has 0 bridgehead atoms. The van der Waals surface area contributed by atoms with Gasteiger partial charge in [-0.2, -0.15) is 0 Å². The molecule has 0 N–H and O–H groups in total. The molecular weight excluding hydrogens is 271 g/mol. The van der Waals surface area contributed by atoms with Crippen molar-refractivity contribution in [2.75, 3.05) is 7.11 Å². The number of ether oxygens (including phenoxy) is 1. The fourth-order valence-corrected chi connectivity index (χ4v) is 2.30. The van der Waals surface area contributed by atoms with E-state index in [1.54, 1.807) is 38.3 Å². The second kappa shape index (κ2) is 5.01. The van der Waals surface area contributed by atoms with Crippen LogP contribution in [0.2, 0.25) is 0 Å². The summed E-state index contributed by atoms with van der Waals surface area (Å²) in [6.07, 6.45) is 0. The lowest BCUT2D eigenvalue weighted by molar-refractivity contribution is 0.414. The van der Waals surface area contributed by atoms with E-state index in [2.05, 4.69) is 4.98 Å². The molecular formula is C16H13FN2O2. The molecule has 0 saturated heterocycles. The van der Waals surface area contributed by atoms with E-state index in [0.717, 1.165) is 0 Å². The van der Waals surface area contributed by atoms with E-state index in [1.807, 2.05) is 0 Å². The van der Waals surface area contributed by atoms with E-state index < -0.39 is 5.82 Å². The molecule has 1 heterocycles. The fraction of sp³-hybridized carbons (Fsp3) is 0.125. The van der Waals surface area contributed by atoms with Crippen LogP contribution < -0.4 is 10.3 Å². The molecule has 0 aliphatic carbocycles. The summed E-state index contributed by atoms with van der Waals surface area (Å²) in [5, 5.41) is 0.261. The lowest BCUT2D eigenvalue weighted by Crippen LogP contribution is -2.22. The maximum Gasteiger partial charge on any atom is 0.266 e. The smallest absolute Gasteiger partial charge is 0.266 e. The molecule has 106 valence electrons. The second-order valence-corrected chi connectivity index (χ2v) is 4.66. The van der Waals surface area contributed by atoms with Gasteiger partial charge in [0.25, 0.3) is 5.56 Å². The summed E-state index contributed by atoms with van der Waals surface area (Å²) in [4.78, 5) is 16.9. The number of nitrogens with zero attached hydrogens (tertiary/aromatic N) is 2. The predicted molar refractivity (Wildman–Crippen MR) is 78.6 cm³/mol. The average molecular weight is 284 g/mol. The Balaban J connectivity index is 2.28. The minimum Gasteiger partial charge on any atom is -0.497 e. The van der Waals surface area contributed by atoms with Gasteiger partial charge in [0.1, 0.15) is 17.4 Å². The summed E-state index contributed by atoms with van der Waals surface area (Å²) >= 11 is 0.